The third-order valence-electron chi connectivity index (χ3n) is 4.35. The van der Waals surface area contributed by atoms with Gasteiger partial charge < -0.3 is 5.32 Å². The van der Waals surface area contributed by atoms with Gasteiger partial charge in [0.2, 0.25) is 0 Å². The molecule has 1 nitrogen and oxygen atoms in total. The smallest absolute Gasteiger partial charge is 0.139 e. The molecule has 92 valence electrons. The standard InChI is InChI=1S/C14H17BrFN/c1-8-4-11(15)12(16)7-13(8)17-14-6-9-2-3-10(14)5-9/h4,7,9-10,14,17H,2-3,5-6H2,1H3. The average Bonchev–Trinajstić information content (AvgIpc) is 2.87. The van der Waals surface area contributed by atoms with Crippen molar-refractivity contribution in [1.82, 2.24) is 0 Å². The molecule has 3 heteroatoms. The van der Waals surface area contributed by atoms with Gasteiger partial charge in [0.15, 0.2) is 0 Å². The van der Waals surface area contributed by atoms with Crippen LogP contribution in [0.25, 0.3) is 0 Å². The number of anilines is 1. The Morgan fingerprint density at radius 2 is 2.12 bits per heavy atom. The Morgan fingerprint density at radius 1 is 1.29 bits per heavy atom. The highest BCUT2D eigenvalue weighted by molar-refractivity contribution is 9.10. The van der Waals surface area contributed by atoms with Crippen molar-refractivity contribution in [3.05, 3.63) is 28.0 Å². The van der Waals surface area contributed by atoms with Crippen LogP contribution in [0.4, 0.5) is 10.1 Å². The van der Waals surface area contributed by atoms with Gasteiger partial charge in [0.1, 0.15) is 5.82 Å². The van der Waals surface area contributed by atoms with Crippen molar-refractivity contribution in [2.75, 3.05) is 5.32 Å². The summed E-state index contributed by atoms with van der Waals surface area (Å²) in [6.07, 6.45) is 5.38. The van der Waals surface area contributed by atoms with Gasteiger partial charge in [0.25, 0.3) is 0 Å². The van der Waals surface area contributed by atoms with Gasteiger partial charge in [-0.15, -0.1) is 0 Å². The van der Waals surface area contributed by atoms with Crippen LogP contribution in [0, 0.1) is 24.6 Å². The molecular weight excluding hydrogens is 281 g/mol. The molecule has 2 aliphatic carbocycles. The van der Waals surface area contributed by atoms with Gasteiger partial charge in [0, 0.05) is 11.7 Å². The fourth-order valence-electron chi connectivity index (χ4n) is 3.42. The molecule has 1 N–H and O–H groups in total. The first-order valence-corrected chi connectivity index (χ1v) is 7.15. The van der Waals surface area contributed by atoms with E-state index in [2.05, 4.69) is 21.2 Å². The molecule has 1 aromatic rings. The maximum atomic E-state index is 13.5. The second-order valence-corrected chi connectivity index (χ2v) is 6.36. The molecule has 2 saturated carbocycles. The molecule has 0 aliphatic heterocycles. The molecule has 3 unspecified atom stereocenters. The molecule has 2 aliphatic rings. The van der Waals surface area contributed by atoms with E-state index in [-0.39, 0.29) is 5.82 Å². The number of rotatable bonds is 2. The summed E-state index contributed by atoms with van der Waals surface area (Å²) in [5, 5.41) is 3.55. The second kappa shape index (κ2) is 4.27. The Balaban J connectivity index is 1.79. The summed E-state index contributed by atoms with van der Waals surface area (Å²) >= 11 is 3.22. The lowest BCUT2D eigenvalue weighted by molar-refractivity contribution is 0.439. The van der Waals surface area contributed by atoms with E-state index >= 15 is 0 Å². The molecule has 0 aromatic heterocycles. The first-order valence-electron chi connectivity index (χ1n) is 6.35. The topological polar surface area (TPSA) is 12.0 Å². The fraction of sp³-hybridized carbons (Fsp3) is 0.571. The average molecular weight is 298 g/mol. The van der Waals surface area contributed by atoms with Gasteiger partial charge in [-0.3, -0.25) is 0 Å². The Bertz CT molecular complexity index is 446. The van der Waals surface area contributed by atoms with Crippen molar-refractivity contribution >= 4 is 21.6 Å². The molecule has 2 bridgehead atoms. The van der Waals surface area contributed by atoms with Crippen molar-refractivity contribution in [3.63, 3.8) is 0 Å². The van der Waals surface area contributed by atoms with E-state index in [1.807, 2.05) is 13.0 Å². The molecule has 0 amide bonds. The molecule has 0 heterocycles. The van der Waals surface area contributed by atoms with Gasteiger partial charge >= 0.3 is 0 Å². The monoisotopic (exact) mass is 297 g/mol. The highest BCUT2D eigenvalue weighted by atomic mass is 79.9. The van der Waals surface area contributed by atoms with Gasteiger partial charge in [-0.05, 0) is 71.6 Å². The van der Waals surface area contributed by atoms with E-state index in [4.69, 9.17) is 0 Å². The first-order chi connectivity index (χ1) is 8.13. The van der Waals surface area contributed by atoms with E-state index in [1.165, 1.54) is 25.7 Å². The number of aryl methyl sites for hydroxylation is 1. The molecule has 17 heavy (non-hydrogen) atoms. The van der Waals surface area contributed by atoms with Crippen LogP contribution in [0.1, 0.15) is 31.2 Å². The molecule has 3 atom stereocenters. The van der Waals surface area contributed by atoms with Crippen molar-refractivity contribution < 1.29 is 4.39 Å². The number of hydrogen-bond acceptors (Lipinski definition) is 1. The zero-order valence-electron chi connectivity index (χ0n) is 9.97. The van der Waals surface area contributed by atoms with Crippen LogP contribution in [0.3, 0.4) is 0 Å². The highest BCUT2D eigenvalue weighted by Gasteiger charge is 2.39. The number of fused-ring (bicyclic) bond motifs is 2. The highest BCUT2D eigenvalue weighted by Crippen LogP contribution is 2.45. The molecule has 0 radical (unpaired) electrons. The van der Waals surface area contributed by atoms with E-state index < -0.39 is 0 Å². The molecule has 0 saturated heterocycles. The van der Waals surface area contributed by atoms with Crippen molar-refractivity contribution in [2.45, 2.75) is 38.6 Å². The summed E-state index contributed by atoms with van der Waals surface area (Å²) < 4.78 is 14.1. The maximum absolute atomic E-state index is 13.5. The maximum Gasteiger partial charge on any atom is 0.139 e. The number of hydrogen-bond donors (Lipinski definition) is 1. The van der Waals surface area contributed by atoms with E-state index in [0.29, 0.717) is 10.5 Å². The van der Waals surface area contributed by atoms with Crippen molar-refractivity contribution in [3.8, 4) is 0 Å². The Morgan fingerprint density at radius 3 is 2.76 bits per heavy atom. The van der Waals surface area contributed by atoms with Crippen molar-refractivity contribution in [2.24, 2.45) is 11.8 Å². The molecule has 1 aromatic carbocycles. The third-order valence-corrected chi connectivity index (χ3v) is 4.95. The fourth-order valence-corrected chi connectivity index (χ4v) is 3.88. The Hall–Kier alpha value is -0.570. The van der Waals surface area contributed by atoms with Crippen LogP contribution < -0.4 is 5.32 Å². The van der Waals surface area contributed by atoms with Crippen LogP contribution in [-0.2, 0) is 0 Å². The third kappa shape index (κ3) is 2.10. The normalized spacial score (nSPS) is 30.9. The summed E-state index contributed by atoms with van der Waals surface area (Å²) in [6.45, 7) is 2.03. The predicted octanol–water partition coefficient (Wildman–Crippen LogP) is 4.50. The number of nitrogens with one attached hydrogen (secondary N) is 1. The zero-order valence-corrected chi connectivity index (χ0v) is 11.6. The van der Waals surface area contributed by atoms with Gasteiger partial charge in [0.05, 0.1) is 4.47 Å². The van der Waals surface area contributed by atoms with Crippen LogP contribution in [0.15, 0.2) is 16.6 Å². The molecular formula is C14H17BrFN. The number of halogens is 2. The van der Waals surface area contributed by atoms with E-state index in [9.17, 15) is 4.39 Å². The Labute approximate surface area is 110 Å². The lowest BCUT2D eigenvalue weighted by Gasteiger charge is -2.25. The van der Waals surface area contributed by atoms with Gasteiger partial charge in [-0.2, -0.15) is 0 Å². The summed E-state index contributed by atoms with van der Waals surface area (Å²) in [5.74, 6) is 1.55. The SMILES string of the molecule is Cc1cc(Br)c(F)cc1NC1CC2CCC1C2. The van der Waals surface area contributed by atoms with E-state index in [0.717, 1.165) is 23.1 Å². The van der Waals surface area contributed by atoms with Crippen molar-refractivity contribution in [1.29, 1.82) is 0 Å². The molecule has 3 rings (SSSR count). The zero-order chi connectivity index (χ0) is 12.0. The number of benzene rings is 1. The largest absolute Gasteiger partial charge is 0.382 e. The lowest BCUT2D eigenvalue weighted by atomic mass is 9.95. The minimum Gasteiger partial charge on any atom is -0.382 e. The summed E-state index contributed by atoms with van der Waals surface area (Å²) in [6, 6.07) is 4.03. The van der Waals surface area contributed by atoms with Crippen LogP contribution in [0.2, 0.25) is 0 Å². The van der Waals surface area contributed by atoms with Crippen LogP contribution >= 0.6 is 15.9 Å². The minimum absolute atomic E-state index is 0.179. The quantitative estimate of drug-likeness (QED) is 0.848. The minimum atomic E-state index is -0.179. The van der Waals surface area contributed by atoms with Crippen LogP contribution in [0.5, 0.6) is 0 Å². The summed E-state index contributed by atoms with van der Waals surface area (Å²) in [7, 11) is 0. The van der Waals surface area contributed by atoms with E-state index in [1.54, 1.807) is 6.07 Å². The summed E-state index contributed by atoms with van der Waals surface area (Å²) in [5.41, 5.74) is 2.07. The summed E-state index contributed by atoms with van der Waals surface area (Å²) in [4.78, 5) is 0. The Kier molecular flexibility index (Phi) is 2.89. The van der Waals surface area contributed by atoms with Gasteiger partial charge in [-0.1, -0.05) is 6.42 Å². The lowest BCUT2D eigenvalue weighted by Crippen LogP contribution is -2.26. The first kappa shape index (κ1) is 11.5. The van der Waals surface area contributed by atoms with Crippen LogP contribution in [-0.4, -0.2) is 6.04 Å². The molecule has 0 spiro atoms. The molecule has 2 fully saturated rings. The second-order valence-electron chi connectivity index (χ2n) is 5.51. The predicted molar refractivity (Wildman–Crippen MR) is 71.7 cm³/mol. The van der Waals surface area contributed by atoms with Gasteiger partial charge in [-0.25, -0.2) is 4.39 Å².